The smallest absolute Gasteiger partial charge is 0.271 e. The zero-order chi connectivity index (χ0) is 14.0. The second-order valence-corrected chi connectivity index (χ2v) is 4.31. The zero-order valence-corrected chi connectivity index (χ0v) is 11.3. The van der Waals surface area contributed by atoms with Gasteiger partial charge in [-0.3, -0.25) is 4.79 Å². The minimum atomic E-state index is -0.305. The summed E-state index contributed by atoms with van der Waals surface area (Å²) in [5, 5.41) is 7.11. The molecule has 4 N–H and O–H groups in total. The van der Waals surface area contributed by atoms with E-state index in [1.165, 1.54) is 17.8 Å². The number of carbonyl (C=O) groups is 1. The molecular weight excluding hydrogens is 291 g/mol. The number of aromatic nitrogens is 3. The van der Waals surface area contributed by atoms with E-state index in [9.17, 15) is 4.79 Å². The third-order valence-corrected chi connectivity index (χ3v) is 2.88. The summed E-state index contributed by atoms with van der Waals surface area (Å²) in [6.07, 6.45) is 1.56. The lowest BCUT2D eigenvalue weighted by Crippen LogP contribution is -2.18. The largest absolute Gasteiger partial charge is 0.354 e. The van der Waals surface area contributed by atoms with Crippen LogP contribution < -0.4 is 16.6 Å². The molecule has 0 fully saturated rings. The molecule has 0 aliphatic heterocycles. The predicted octanol–water partition coefficient (Wildman–Crippen LogP) is 1.22. The van der Waals surface area contributed by atoms with Crippen LogP contribution in [0.5, 0.6) is 0 Å². The topological polar surface area (TPSA) is 97.9 Å². The number of nitrogens with two attached hydrogens (primary N) is 1. The Kier molecular flexibility index (Phi) is 3.89. The SMILES string of the molecule is CNC(=O)c1ccn(-c2nc(NN)c(Cl)cc2Cl)n1. The Morgan fingerprint density at radius 3 is 2.79 bits per heavy atom. The van der Waals surface area contributed by atoms with E-state index in [2.05, 4.69) is 20.8 Å². The molecule has 0 spiro atoms. The van der Waals surface area contributed by atoms with Crippen molar-refractivity contribution >= 4 is 34.9 Å². The minimum Gasteiger partial charge on any atom is -0.354 e. The van der Waals surface area contributed by atoms with Crippen LogP contribution in [0.25, 0.3) is 5.82 Å². The molecule has 0 saturated carbocycles. The maximum Gasteiger partial charge on any atom is 0.271 e. The van der Waals surface area contributed by atoms with Crippen molar-refractivity contribution in [3.05, 3.63) is 34.1 Å². The Balaban J connectivity index is 2.47. The van der Waals surface area contributed by atoms with Crippen molar-refractivity contribution in [3.63, 3.8) is 0 Å². The fourth-order valence-corrected chi connectivity index (χ4v) is 1.91. The van der Waals surface area contributed by atoms with Crippen LogP contribution in [0.15, 0.2) is 18.3 Å². The van der Waals surface area contributed by atoms with Crippen molar-refractivity contribution in [2.24, 2.45) is 5.84 Å². The van der Waals surface area contributed by atoms with Gasteiger partial charge in [-0.25, -0.2) is 15.5 Å². The molecular formula is C10H10Cl2N6O. The fourth-order valence-electron chi connectivity index (χ4n) is 1.41. The average Bonchev–Trinajstić information content (AvgIpc) is 2.87. The molecule has 2 aromatic heterocycles. The van der Waals surface area contributed by atoms with Crippen LogP contribution in [-0.4, -0.2) is 27.7 Å². The first-order valence-electron chi connectivity index (χ1n) is 5.17. The predicted molar refractivity (Wildman–Crippen MR) is 72.6 cm³/mol. The van der Waals surface area contributed by atoms with Gasteiger partial charge in [-0.15, -0.1) is 0 Å². The summed E-state index contributed by atoms with van der Waals surface area (Å²) >= 11 is 11.9. The highest BCUT2D eigenvalue weighted by molar-refractivity contribution is 6.36. The average molecular weight is 301 g/mol. The normalized spacial score (nSPS) is 10.3. The first-order chi connectivity index (χ1) is 9.06. The molecule has 1 amide bonds. The summed E-state index contributed by atoms with van der Waals surface area (Å²) in [6, 6.07) is 3.03. The highest BCUT2D eigenvalue weighted by Gasteiger charge is 2.13. The van der Waals surface area contributed by atoms with E-state index in [0.717, 1.165) is 0 Å². The number of nitrogens with zero attached hydrogens (tertiary/aromatic N) is 3. The number of halogens is 2. The van der Waals surface area contributed by atoms with Crippen molar-refractivity contribution in [3.8, 4) is 5.82 Å². The number of nitrogen functional groups attached to an aromatic ring is 1. The summed E-state index contributed by atoms with van der Waals surface area (Å²) in [7, 11) is 1.52. The van der Waals surface area contributed by atoms with Crippen LogP contribution in [-0.2, 0) is 0 Å². The number of pyridine rings is 1. The molecule has 19 heavy (non-hydrogen) atoms. The monoisotopic (exact) mass is 300 g/mol. The molecule has 0 bridgehead atoms. The maximum absolute atomic E-state index is 11.4. The van der Waals surface area contributed by atoms with Crippen molar-refractivity contribution in [2.75, 3.05) is 12.5 Å². The quantitative estimate of drug-likeness (QED) is 0.585. The van der Waals surface area contributed by atoms with Gasteiger partial charge in [-0.2, -0.15) is 5.10 Å². The molecule has 0 unspecified atom stereocenters. The molecule has 2 rings (SSSR count). The van der Waals surface area contributed by atoms with E-state index in [0.29, 0.717) is 5.82 Å². The number of hydrogen-bond donors (Lipinski definition) is 3. The van der Waals surface area contributed by atoms with Gasteiger partial charge in [-0.1, -0.05) is 23.2 Å². The second kappa shape index (κ2) is 5.43. The van der Waals surface area contributed by atoms with Crippen LogP contribution in [0.4, 0.5) is 5.82 Å². The van der Waals surface area contributed by atoms with E-state index in [1.807, 2.05) is 0 Å². The van der Waals surface area contributed by atoms with Gasteiger partial charge in [0.2, 0.25) is 0 Å². The number of carbonyl (C=O) groups excluding carboxylic acids is 1. The van der Waals surface area contributed by atoms with Crippen molar-refractivity contribution in [1.82, 2.24) is 20.1 Å². The van der Waals surface area contributed by atoms with Crippen LogP contribution in [0, 0.1) is 0 Å². The molecule has 0 aliphatic carbocycles. The van der Waals surface area contributed by atoms with Gasteiger partial charge >= 0.3 is 0 Å². The third kappa shape index (κ3) is 2.62. The Morgan fingerprint density at radius 1 is 1.42 bits per heavy atom. The molecule has 0 aliphatic rings. The number of hydrazine groups is 1. The molecule has 9 heteroatoms. The van der Waals surface area contributed by atoms with Gasteiger partial charge < -0.3 is 10.7 Å². The molecule has 0 aromatic carbocycles. The van der Waals surface area contributed by atoms with Crippen molar-refractivity contribution in [2.45, 2.75) is 0 Å². The first kappa shape index (κ1) is 13.6. The lowest BCUT2D eigenvalue weighted by atomic mass is 10.4. The standard InChI is InChI=1S/C10H10Cl2N6O/c1-14-10(19)7-2-3-18(17-7)9-6(12)4-5(11)8(15-9)16-13/h2-4H,13H2,1H3,(H,14,19)(H,15,16). The summed E-state index contributed by atoms with van der Waals surface area (Å²) < 4.78 is 1.37. The Hall–Kier alpha value is -1.83. The van der Waals surface area contributed by atoms with Gasteiger partial charge in [-0.05, 0) is 12.1 Å². The van der Waals surface area contributed by atoms with E-state index in [1.54, 1.807) is 12.3 Å². The van der Waals surface area contributed by atoms with Crippen LogP contribution in [0.3, 0.4) is 0 Å². The molecule has 0 atom stereocenters. The van der Waals surface area contributed by atoms with Crippen molar-refractivity contribution < 1.29 is 4.79 Å². The van der Waals surface area contributed by atoms with E-state index < -0.39 is 0 Å². The van der Waals surface area contributed by atoms with Crippen LogP contribution in [0.1, 0.15) is 10.5 Å². The Labute approximate surface area is 118 Å². The van der Waals surface area contributed by atoms with Gasteiger partial charge in [0.25, 0.3) is 5.91 Å². The van der Waals surface area contributed by atoms with Gasteiger partial charge in [0.1, 0.15) is 0 Å². The number of anilines is 1. The zero-order valence-electron chi connectivity index (χ0n) is 9.82. The fraction of sp³-hybridized carbons (Fsp3) is 0.100. The van der Waals surface area contributed by atoms with Gasteiger partial charge in [0.05, 0.1) is 10.0 Å². The number of amides is 1. The number of nitrogens with one attached hydrogen (secondary N) is 2. The van der Waals surface area contributed by atoms with E-state index in [4.69, 9.17) is 29.0 Å². The van der Waals surface area contributed by atoms with E-state index >= 15 is 0 Å². The maximum atomic E-state index is 11.4. The first-order valence-corrected chi connectivity index (χ1v) is 5.93. The third-order valence-electron chi connectivity index (χ3n) is 2.31. The minimum absolute atomic E-state index is 0.248. The molecule has 0 radical (unpaired) electrons. The molecule has 0 saturated heterocycles. The Bertz CT molecular complexity index is 626. The van der Waals surface area contributed by atoms with Gasteiger partial charge in [0.15, 0.2) is 17.3 Å². The van der Waals surface area contributed by atoms with Crippen LogP contribution in [0.2, 0.25) is 10.0 Å². The molecule has 2 aromatic rings. The number of hydrogen-bond acceptors (Lipinski definition) is 5. The van der Waals surface area contributed by atoms with E-state index in [-0.39, 0.29) is 27.5 Å². The lowest BCUT2D eigenvalue weighted by Gasteiger charge is -2.08. The summed E-state index contributed by atoms with van der Waals surface area (Å²) in [6.45, 7) is 0. The van der Waals surface area contributed by atoms with Gasteiger partial charge in [0, 0.05) is 13.2 Å². The number of rotatable bonds is 3. The highest BCUT2D eigenvalue weighted by Crippen LogP contribution is 2.27. The lowest BCUT2D eigenvalue weighted by molar-refractivity contribution is 0.0957. The molecule has 2 heterocycles. The molecule has 100 valence electrons. The summed E-state index contributed by atoms with van der Waals surface area (Å²) in [5.41, 5.74) is 2.60. The van der Waals surface area contributed by atoms with Crippen molar-refractivity contribution in [1.29, 1.82) is 0 Å². The summed E-state index contributed by atoms with van der Waals surface area (Å²) in [4.78, 5) is 15.6. The molecule has 7 nitrogen and oxygen atoms in total. The highest BCUT2D eigenvalue weighted by atomic mass is 35.5. The van der Waals surface area contributed by atoms with Crippen LogP contribution >= 0.6 is 23.2 Å². The second-order valence-electron chi connectivity index (χ2n) is 3.49. The summed E-state index contributed by atoms with van der Waals surface area (Å²) in [5.74, 6) is 5.56. The Morgan fingerprint density at radius 2 is 2.16 bits per heavy atom.